The molecule has 184 valence electrons. The third kappa shape index (κ3) is 3.50. The van der Waals surface area contributed by atoms with Gasteiger partial charge in [-0.3, -0.25) is 4.79 Å². The van der Waals surface area contributed by atoms with Crippen LogP contribution >= 0.6 is 0 Å². The van der Waals surface area contributed by atoms with Crippen molar-refractivity contribution in [1.82, 2.24) is 29.5 Å². The Hall–Kier alpha value is -3.68. The normalized spacial score (nSPS) is 20.3. The second kappa shape index (κ2) is 8.47. The monoisotopic (exact) mass is 481 g/mol. The van der Waals surface area contributed by atoms with Crippen LogP contribution in [0.1, 0.15) is 57.8 Å². The number of benzene rings is 1. The van der Waals surface area contributed by atoms with Gasteiger partial charge in [0.1, 0.15) is 29.2 Å². The van der Waals surface area contributed by atoms with Crippen molar-refractivity contribution in [1.29, 1.82) is 0 Å². The topological polar surface area (TPSA) is 98.5 Å². The number of aryl methyl sites for hydroxylation is 2. The van der Waals surface area contributed by atoms with E-state index in [2.05, 4.69) is 56.7 Å². The first-order valence-electron chi connectivity index (χ1n) is 12.9. The number of carbonyl (C=O) groups is 1. The summed E-state index contributed by atoms with van der Waals surface area (Å²) in [4.78, 5) is 36.1. The van der Waals surface area contributed by atoms with Crippen LogP contribution in [0.4, 0.5) is 5.69 Å². The summed E-state index contributed by atoms with van der Waals surface area (Å²) in [6, 6.07) is 6.14. The fourth-order valence-electron chi connectivity index (χ4n) is 5.84. The Balaban J connectivity index is 1.45. The molecule has 0 bridgehead atoms. The predicted molar refractivity (Wildman–Crippen MR) is 139 cm³/mol. The van der Waals surface area contributed by atoms with Crippen LogP contribution in [0.3, 0.4) is 0 Å². The number of rotatable bonds is 6. The van der Waals surface area contributed by atoms with E-state index in [1.165, 1.54) is 19.3 Å². The van der Waals surface area contributed by atoms with Gasteiger partial charge >= 0.3 is 0 Å². The molecule has 1 saturated carbocycles. The summed E-state index contributed by atoms with van der Waals surface area (Å²) in [6.45, 7) is 9.03. The Morgan fingerprint density at radius 3 is 2.61 bits per heavy atom. The van der Waals surface area contributed by atoms with Crippen molar-refractivity contribution in [2.24, 2.45) is 11.8 Å². The van der Waals surface area contributed by atoms with Crippen molar-refractivity contribution in [3.63, 3.8) is 0 Å². The summed E-state index contributed by atoms with van der Waals surface area (Å²) in [6.07, 6.45) is 9.90. The number of nitrogens with one attached hydrogen (secondary N) is 1. The standard InChI is InChI=1S/C28H31N7O/c1-5-35-25(20-13-29-17(3)30-14-20)34-24-23(31-15-32-26(24)35)19-9-10-22-21(11-19)28(4,27(36)33-22)12-16(2)18-7-6-8-18/h9-11,13-16,18H,5-8,12H2,1-4H3,(H,33,36)/t16-,28?/m0/s1. The SMILES string of the molecule is CCn1c(-c2cnc(C)nc2)nc2c(-c3ccc4c(c3)C(C)(C[C@H](C)C3CCC3)C(=O)N4)ncnc21. The second-order valence-corrected chi connectivity index (χ2v) is 10.5. The van der Waals surface area contributed by atoms with Crippen LogP contribution in [0, 0.1) is 18.8 Å². The van der Waals surface area contributed by atoms with Gasteiger partial charge in [0.05, 0.1) is 11.0 Å². The molecule has 1 aliphatic heterocycles. The first-order chi connectivity index (χ1) is 17.4. The van der Waals surface area contributed by atoms with E-state index in [4.69, 9.17) is 4.98 Å². The van der Waals surface area contributed by atoms with Crippen molar-refractivity contribution >= 4 is 22.8 Å². The lowest BCUT2D eigenvalue weighted by Gasteiger charge is -2.35. The van der Waals surface area contributed by atoms with Crippen molar-refractivity contribution in [2.75, 3.05) is 5.32 Å². The van der Waals surface area contributed by atoms with Crippen LogP contribution in [0.5, 0.6) is 0 Å². The molecule has 4 aromatic rings. The molecule has 1 unspecified atom stereocenters. The Kier molecular flexibility index (Phi) is 5.35. The van der Waals surface area contributed by atoms with Crippen LogP contribution in [0.25, 0.3) is 33.8 Å². The van der Waals surface area contributed by atoms with Crippen molar-refractivity contribution in [3.05, 3.63) is 48.3 Å². The highest BCUT2D eigenvalue weighted by atomic mass is 16.2. The summed E-state index contributed by atoms with van der Waals surface area (Å²) >= 11 is 0. The molecule has 2 atom stereocenters. The number of carbonyl (C=O) groups excluding carboxylic acids is 1. The van der Waals surface area contributed by atoms with E-state index in [-0.39, 0.29) is 5.91 Å². The van der Waals surface area contributed by atoms with Crippen LogP contribution < -0.4 is 5.32 Å². The number of aromatic nitrogens is 6. The largest absolute Gasteiger partial charge is 0.325 e. The van der Waals surface area contributed by atoms with E-state index in [1.54, 1.807) is 18.7 Å². The highest BCUT2D eigenvalue weighted by Crippen LogP contribution is 2.47. The Morgan fingerprint density at radius 1 is 1.14 bits per heavy atom. The molecule has 2 aliphatic rings. The minimum absolute atomic E-state index is 0.0885. The van der Waals surface area contributed by atoms with Crippen molar-refractivity contribution < 1.29 is 4.79 Å². The first-order valence-corrected chi connectivity index (χ1v) is 12.9. The summed E-state index contributed by atoms with van der Waals surface area (Å²) < 4.78 is 2.07. The second-order valence-electron chi connectivity index (χ2n) is 10.5. The zero-order valence-electron chi connectivity index (χ0n) is 21.2. The molecule has 1 fully saturated rings. The summed E-state index contributed by atoms with van der Waals surface area (Å²) in [5, 5.41) is 3.13. The highest BCUT2D eigenvalue weighted by molar-refractivity contribution is 6.06. The average Bonchev–Trinajstić information content (AvgIpc) is 3.32. The molecule has 0 spiro atoms. The number of hydrogen-bond acceptors (Lipinski definition) is 6. The van der Waals surface area contributed by atoms with Crippen molar-refractivity contribution in [3.8, 4) is 22.6 Å². The van der Waals surface area contributed by atoms with Gasteiger partial charge in [-0.2, -0.15) is 0 Å². The number of fused-ring (bicyclic) bond motifs is 2. The fraction of sp³-hybridized carbons (Fsp3) is 0.429. The van der Waals surface area contributed by atoms with Crippen LogP contribution in [-0.4, -0.2) is 35.4 Å². The molecule has 0 radical (unpaired) electrons. The first kappa shape index (κ1) is 22.8. The molecule has 1 aliphatic carbocycles. The van der Waals surface area contributed by atoms with Gasteiger partial charge in [0, 0.05) is 30.2 Å². The number of nitrogens with zero attached hydrogens (tertiary/aromatic N) is 6. The summed E-state index contributed by atoms with van der Waals surface area (Å²) in [5.41, 5.74) is 5.43. The predicted octanol–water partition coefficient (Wildman–Crippen LogP) is 5.31. The minimum atomic E-state index is -0.556. The van der Waals surface area contributed by atoms with E-state index in [0.717, 1.165) is 63.2 Å². The molecule has 1 aromatic carbocycles. The molecule has 3 aromatic heterocycles. The third-order valence-corrected chi connectivity index (χ3v) is 8.21. The lowest BCUT2D eigenvalue weighted by molar-refractivity contribution is -0.121. The Labute approximate surface area is 210 Å². The van der Waals surface area contributed by atoms with Gasteiger partial charge in [-0.05, 0) is 56.7 Å². The van der Waals surface area contributed by atoms with Gasteiger partial charge in [0.15, 0.2) is 5.65 Å². The molecule has 0 saturated heterocycles. The van der Waals surface area contributed by atoms with Gasteiger partial charge in [-0.15, -0.1) is 0 Å². The van der Waals surface area contributed by atoms with Gasteiger partial charge < -0.3 is 9.88 Å². The lowest BCUT2D eigenvalue weighted by atomic mass is 9.68. The van der Waals surface area contributed by atoms with Crippen molar-refractivity contribution in [2.45, 2.75) is 65.3 Å². The van der Waals surface area contributed by atoms with E-state index in [9.17, 15) is 4.79 Å². The van der Waals surface area contributed by atoms with Crippen LogP contribution in [-0.2, 0) is 16.8 Å². The maximum Gasteiger partial charge on any atom is 0.234 e. The molecular weight excluding hydrogens is 450 g/mol. The van der Waals surface area contributed by atoms with Crippen LogP contribution in [0.2, 0.25) is 0 Å². The Morgan fingerprint density at radius 2 is 1.92 bits per heavy atom. The van der Waals surface area contributed by atoms with E-state index in [1.807, 2.05) is 19.1 Å². The maximum absolute atomic E-state index is 13.2. The van der Waals surface area contributed by atoms with E-state index in [0.29, 0.717) is 12.5 Å². The van der Waals surface area contributed by atoms with Gasteiger partial charge in [-0.1, -0.05) is 32.3 Å². The summed E-state index contributed by atoms with van der Waals surface area (Å²) in [7, 11) is 0. The maximum atomic E-state index is 13.2. The number of imidazole rings is 1. The molecule has 1 N–H and O–H groups in total. The smallest absolute Gasteiger partial charge is 0.234 e. The van der Waals surface area contributed by atoms with E-state index < -0.39 is 5.41 Å². The fourth-order valence-corrected chi connectivity index (χ4v) is 5.84. The quantitative estimate of drug-likeness (QED) is 0.400. The Bertz CT molecular complexity index is 1470. The zero-order chi connectivity index (χ0) is 25.0. The average molecular weight is 482 g/mol. The van der Waals surface area contributed by atoms with Gasteiger partial charge in [0.2, 0.25) is 5.91 Å². The van der Waals surface area contributed by atoms with Gasteiger partial charge in [0.25, 0.3) is 0 Å². The lowest BCUT2D eigenvalue weighted by Crippen LogP contribution is -2.35. The van der Waals surface area contributed by atoms with Gasteiger partial charge in [-0.25, -0.2) is 24.9 Å². The van der Waals surface area contributed by atoms with E-state index >= 15 is 0 Å². The molecular formula is C28H31N7O. The molecule has 8 nitrogen and oxygen atoms in total. The molecule has 8 heteroatoms. The number of anilines is 1. The molecule has 6 rings (SSSR count). The van der Waals surface area contributed by atoms with Crippen LogP contribution in [0.15, 0.2) is 36.9 Å². The molecule has 4 heterocycles. The molecule has 36 heavy (non-hydrogen) atoms. The zero-order valence-corrected chi connectivity index (χ0v) is 21.2. The summed E-state index contributed by atoms with van der Waals surface area (Å²) in [5.74, 6) is 2.81. The number of amides is 1. The highest BCUT2D eigenvalue weighted by Gasteiger charge is 2.45. The number of hydrogen-bond donors (Lipinski definition) is 1. The minimum Gasteiger partial charge on any atom is -0.325 e. The molecule has 1 amide bonds. The third-order valence-electron chi connectivity index (χ3n) is 8.21.